The molecule has 90 valence electrons. The lowest BCUT2D eigenvalue weighted by atomic mass is 10.3. The van der Waals surface area contributed by atoms with Crippen molar-refractivity contribution in [2.24, 2.45) is 7.05 Å². The first-order valence-corrected chi connectivity index (χ1v) is 5.42. The second-order valence-corrected chi connectivity index (χ2v) is 3.72. The van der Waals surface area contributed by atoms with Gasteiger partial charge in [0.2, 0.25) is 0 Å². The van der Waals surface area contributed by atoms with Crippen molar-refractivity contribution in [2.75, 3.05) is 20.2 Å². The van der Waals surface area contributed by atoms with Gasteiger partial charge in [-0.1, -0.05) is 6.92 Å². The van der Waals surface area contributed by atoms with Crippen molar-refractivity contribution in [2.45, 2.75) is 19.9 Å². The van der Waals surface area contributed by atoms with Gasteiger partial charge in [-0.2, -0.15) is 5.10 Å². The fraction of sp³-hybridized carbons (Fsp3) is 0.636. The summed E-state index contributed by atoms with van der Waals surface area (Å²) in [5, 5.41) is 4.11. The summed E-state index contributed by atoms with van der Waals surface area (Å²) < 4.78 is 6.40. The van der Waals surface area contributed by atoms with Crippen molar-refractivity contribution < 1.29 is 9.53 Å². The molecule has 1 heterocycles. The Morgan fingerprint density at radius 2 is 2.38 bits per heavy atom. The van der Waals surface area contributed by atoms with Crippen molar-refractivity contribution in [3.8, 4) is 0 Å². The van der Waals surface area contributed by atoms with Crippen LogP contribution in [0.2, 0.25) is 0 Å². The first-order chi connectivity index (χ1) is 7.65. The lowest BCUT2D eigenvalue weighted by Gasteiger charge is -2.18. The Labute approximate surface area is 96.0 Å². The molecular formula is C11H19N3O2. The molecule has 1 rings (SSSR count). The second-order valence-electron chi connectivity index (χ2n) is 3.72. The lowest BCUT2D eigenvalue weighted by Crippen LogP contribution is -2.25. The number of carbonyl (C=O) groups excluding carboxylic acids is 1. The van der Waals surface area contributed by atoms with Crippen LogP contribution in [0.1, 0.15) is 18.9 Å². The molecule has 0 bridgehead atoms. The van der Waals surface area contributed by atoms with Crippen LogP contribution in [0.4, 0.5) is 0 Å². The standard InChI is InChI=1S/C11H19N3O2/c1-4-14(6-5-11(15)16-3)9-10-7-12-13(2)8-10/h7-8H,4-6,9H2,1-3H3. The molecule has 0 atom stereocenters. The van der Waals surface area contributed by atoms with Crippen LogP contribution in [0, 0.1) is 0 Å². The molecule has 0 aliphatic rings. The highest BCUT2D eigenvalue weighted by atomic mass is 16.5. The molecule has 0 saturated heterocycles. The topological polar surface area (TPSA) is 47.4 Å². The van der Waals surface area contributed by atoms with Gasteiger partial charge in [0.1, 0.15) is 0 Å². The molecule has 0 spiro atoms. The van der Waals surface area contributed by atoms with Gasteiger partial charge < -0.3 is 4.74 Å². The third-order valence-corrected chi connectivity index (χ3v) is 2.47. The zero-order chi connectivity index (χ0) is 12.0. The second kappa shape index (κ2) is 6.27. The summed E-state index contributed by atoms with van der Waals surface area (Å²) in [4.78, 5) is 13.2. The number of esters is 1. The summed E-state index contributed by atoms with van der Waals surface area (Å²) in [5.74, 6) is -0.162. The van der Waals surface area contributed by atoms with E-state index in [2.05, 4.69) is 21.7 Å². The van der Waals surface area contributed by atoms with Gasteiger partial charge in [-0.15, -0.1) is 0 Å². The quantitative estimate of drug-likeness (QED) is 0.672. The summed E-state index contributed by atoms with van der Waals surface area (Å²) in [6.07, 6.45) is 4.27. The van der Waals surface area contributed by atoms with E-state index in [0.29, 0.717) is 6.42 Å². The fourth-order valence-electron chi connectivity index (χ4n) is 1.51. The molecule has 0 unspecified atom stereocenters. The molecule has 5 nitrogen and oxygen atoms in total. The van der Waals surface area contributed by atoms with Crippen LogP contribution < -0.4 is 0 Å². The molecule has 0 aliphatic carbocycles. The molecule has 0 saturated carbocycles. The minimum absolute atomic E-state index is 0.162. The molecule has 0 aromatic carbocycles. The summed E-state index contributed by atoms with van der Waals surface area (Å²) >= 11 is 0. The number of carbonyl (C=O) groups is 1. The average molecular weight is 225 g/mol. The van der Waals surface area contributed by atoms with Crippen LogP contribution in [0.25, 0.3) is 0 Å². The molecule has 0 fully saturated rings. The molecule has 0 aliphatic heterocycles. The molecule has 0 N–H and O–H groups in total. The van der Waals surface area contributed by atoms with Crippen molar-refractivity contribution in [3.05, 3.63) is 18.0 Å². The average Bonchev–Trinajstić information content (AvgIpc) is 2.69. The summed E-state index contributed by atoms with van der Waals surface area (Å²) in [5.41, 5.74) is 1.16. The van der Waals surface area contributed by atoms with E-state index in [1.807, 2.05) is 19.4 Å². The Kier molecular flexibility index (Phi) is 4.98. The number of hydrogen-bond acceptors (Lipinski definition) is 4. The van der Waals surface area contributed by atoms with Gasteiger partial charge in [-0.3, -0.25) is 14.4 Å². The summed E-state index contributed by atoms with van der Waals surface area (Å²) in [6, 6.07) is 0. The molecular weight excluding hydrogens is 206 g/mol. The highest BCUT2D eigenvalue weighted by Crippen LogP contribution is 2.03. The monoisotopic (exact) mass is 225 g/mol. The maximum absolute atomic E-state index is 11.0. The minimum Gasteiger partial charge on any atom is -0.469 e. The van der Waals surface area contributed by atoms with Crippen molar-refractivity contribution >= 4 is 5.97 Å². The Bertz CT molecular complexity index is 336. The minimum atomic E-state index is -0.162. The van der Waals surface area contributed by atoms with E-state index < -0.39 is 0 Å². The van der Waals surface area contributed by atoms with Gasteiger partial charge in [0.15, 0.2) is 0 Å². The van der Waals surface area contributed by atoms with Crippen LogP contribution in [-0.2, 0) is 23.1 Å². The van der Waals surface area contributed by atoms with E-state index >= 15 is 0 Å². The number of hydrogen-bond donors (Lipinski definition) is 0. The number of ether oxygens (including phenoxy) is 1. The first kappa shape index (κ1) is 12.7. The maximum atomic E-state index is 11.0. The molecule has 16 heavy (non-hydrogen) atoms. The van der Waals surface area contributed by atoms with E-state index in [1.165, 1.54) is 7.11 Å². The number of methoxy groups -OCH3 is 1. The normalized spacial score (nSPS) is 10.8. The van der Waals surface area contributed by atoms with Crippen molar-refractivity contribution in [3.63, 3.8) is 0 Å². The van der Waals surface area contributed by atoms with Crippen LogP contribution in [0.5, 0.6) is 0 Å². The van der Waals surface area contributed by atoms with E-state index in [-0.39, 0.29) is 5.97 Å². The van der Waals surface area contributed by atoms with Gasteiger partial charge in [-0.25, -0.2) is 0 Å². The summed E-state index contributed by atoms with van der Waals surface area (Å²) in [7, 11) is 3.31. The Balaban J connectivity index is 2.40. The van der Waals surface area contributed by atoms with Crippen molar-refractivity contribution in [1.29, 1.82) is 0 Å². The molecule has 1 aromatic rings. The number of aryl methyl sites for hydroxylation is 1. The fourth-order valence-corrected chi connectivity index (χ4v) is 1.51. The highest BCUT2D eigenvalue weighted by Gasteiger charge is 2.08. The van der Waals surface area contributed by atoms with E-state index in [4.69, 9.17) is 0 Å². The van der Waals surface area contributed by atoms with Crippen LogP contribution in [0.15, 0.2) is 12.4 Å². The van der Waals surface area contributed by atoms with E-state index in [9.17, 15) is 4.79 Å². The predicted molar refractivity (Wildman–Crippen MR) is 60.8 cm³/mol. The molecule has 1 aromatic heterocycles. The number of rotatable bonds is 6. The van der Waals surface area contributed by atoms with Gasteiger partial charge in [0.25, 0.3) is 0 Å². The van der Waals surface area contributed by atoms with E-state index in [1.54, 1.807) is 4.68 Å². The maximum Gasteiger partial charge on any atom is 0.306 e. The zero-order valence-corrected chi connectivity index (χ0v) is 10.1. The SMILES string of the molecule is CCN(CCC(=O)OC)Cc1cnn(C)c1. The van der Waals surface area contributed by atoms with Gasteiger partial charge in [-0.05, 0) is 6.54 Å². The third-order valence-electron chi connectivity index (χ3n) is 2.47. The predicted octanol–water partition coefficient (Wildman–Crippen LogP) is 0.805. The molecule has 0 amide bonds. The number of nitrogens with zero attached hydrogens (tertiary/aromatic N) is 3. The van der Waals surface area contributed by atoms with Crippen LogP contribution >= 0.6 is 0 Å². The Hall–Kier alpha value is -1.36. The third kappa shape index (κ3) is 4.02. The lowest BCUT2D eigenvalue weighted by molar-refractivity contribution is -0.141. The summed E-state index contributed by atoms with van der Waals surface area (Å²) in [6.45, 7) is 4.53. The van der Waals surface area contributed by atoms with Gasteiger partial charge >= 0.3 is 5.97 Å². The number of aromatic nitrogens is 2. The van der Waals surface area contributed by atoms with Gasteiger partial charge in [0.05, 0.1) is 19.7 Å². The van der Waals surface area contributed by atoms with Crippen LogP contribution in [-0.4, -0.2) is 40.8 Å². The zero-order valence-electron chi connectivity index (χ0n) is 10.1. The largest absolute Gasteiger partial charge is 0.469 e. The van der Waals surface area contributed by atoms with E-state index in [0.717, 1.165) is 25.2 Å². The first-order valence-electron chi connectivity index (χ1n) is 5.42. The van der Waals surface area contributed by atoms with Crippen LogP contribution in [0.3, 0.4) is 0 Å². The highest BCUT2D eigenvalue weighted by molar-refractivity contribution is 5.69. The Morgan fingerprint density at radius 1 is 1.62 bits per heavy atom. The Morgan fingerprint density at radius 3 is 2.88 bits per heavy atom. The van der Waals surface area contributed by atoms with Gasteiger partial charge in [0, 0.05) is 31.9 Å². The molecule has 0 radical (unpaired) electrons. The smallest absolute Gasteiger partial charge is 0.306 e. The van der Waals surface area contributed by atoms with Crippen molar-refractivity contribution in [1.82, 2.24) is 14.7 Å². The molecule has 5 heteroatoms.